The molecule has 5 heteroatoms. The minimum atomic E-state index is -0.352. The van der Waals surface area contributed by atoms with Crippen molar-refractivity contribution in [1.29, 1.82) is 0 Å². The summed E-state index contributed by atoms with van der Waals surface area (Å²) in [6, 6.07) is 6.67. The van der Waals surface area contributed by atoms with Gasteiger partial charge in [-0.2, -0.15) is 0 Å². The summed E-state index contributed by atoms with van der Waals surface area (Å²) in [6.07, 6.45) is 6.36. The summed E-state index contributed by atoms with van der Waals surface area (Å²) >= 11 is 1.82. The highest BCUT2D eigenvalue weighted by atomic mass is 32.1. The zero-order valence-corrected chi connectivity index (χ0v) is 16.9. The summed E-state index contributed by atoms with van der Waals surface area (Å²) in [7, 11) is 0. The second kappa shape index (κ2) is 6.21. The standard InChI is InChI=1S/C22H24N4S/c1-13-4-5-20-16(10-13)14(2)21(27-20)18-11-17-19(25-18)12-24-22(3,26-17)15-6-8-23-9-7-15/h4-5,10-12,15,23H,6-9H2,1-3H3. The number of allylic oxidation sites excluding steroid dienone is 1. The maximum absolute atomic E-state index is 5.06. The van der Waals surface area contributed by atoms with E-state index in [4.69, 9.17) is 15.0 Å². The number of piperidine rings is 1. The van der Waals surface area contributed by atoms with Crippen LogP contribution >= 0.6 is 11.3 Å². The molecule has 1 saturated heterocycles. The van der Waals surface area contributed by atoms with E-state index in [1.165, 1.54) is 26.1 Å². The predicted octanol–water partition coefficient (Wildman–Crippen LogP) is 4.55. The zero-order chi connectivity index (χ0) is 18.6. The molecular formula is C22H24N4S. The lowest BCUT2D eigenvalue weighted by atomic mass is 9.85. The van der Waals surface area contributed by atoms with Gasteiger partial charge in [0, 0.05) is 10.6 Å². The topological polar surface area (TPSA) is 49.1 Å². The number of aryl methyl sites for hydroxylation is 2. The van der Waals surface area contributed by atoms with E-state index >= 15 is 0 Å². The van der Waals surface area contributed by atoms with Gasteiger partial charge < -0.3 is 5.32 Å². The zero-order valence-electron chi connectivity index (χ0n) is 16.0. The summed E-state index contributed by atoms with van der Waals surface area (Å²) in [6.45, 7) is 8.63. The van der Waals surface area contributed by atoms with E-state index < -0.39 is 0 Å². The third kappa shape index (κ3) is 2.80. The summed E-state index contributed by atoms with van der Waals surface area (Å²) < 4.78 is 1.32. The summed E-state index contributed by atoms with van der Waals surface area (Å²) in [4.78, 5) is 16.0. The van der Waals surface area contributed by atoms with Crippen LogP contribution in [0.4, 0.5) is 0 Å². The van der Waals surface area contributed by atoms with Crippen LogP contribution in [0.5, 0.6) is 0 Å². The number of fused-ring (bicyclic) bond motifs is 2. The highest BCUT2D eigenvalue weighted by Gasteiger charge is 2.37. The number of aliphatic imine (C=N–C) groups is 3. The van der Waals surface area contributed by atoms with E-state index in [1.54, 1.807) is 0 Å². The number of nitrogens with zero attached hydrogens (tertiary/aromatic N) is 3. The molecule has 1 fully saturated rings. The molecule has 3 aliphatic heterocycles. The van der Waals surface area contributed by atoms with Crippen molar-refractivity contribution < 1.29 is 0 Å². The van der Waals surface area contributed by atoms with E-state index in [-0.39, 0.29) is 5.66 Å². The van der Waals surface area contributed by atoms with Crippen molar-refractivity contribution in [3.8, 4) is 0 Å². The molecule has 138 valence electrons. The molecule has 1 aromatic carbocycles. The van der Waals surface area contributed by atoms with E-state index in [2.05, 4.69) is 50.4 Å². The van der Waals surface area contributed by atoms with Crippen molar-refractivity contribution >= 4 is 44.8 Å². The average Bonchev–Trinajstić information content (AvgIpc) is 3.23. The molecule has 27 heavy (non-hydrogen) atoms. The van der Waals surface area contributed by atoms with Crippen molar-refractivity contribution in [2.75, 3.05) is 13.1 Å². The SMILES string of the molecule is Cc1ccc2sc(C3=CC4=NC(C)(C5CCNCC5)N=CC4=N3)c(C)c2c1. The number of rotatable bonds is 2. The lowest BCUT2D eigenvalue weighted by Gasteiger charge is -2.35. The smallest absolute Gasteiger partial charge is 0.151 e. The van der Waals surface area contributed by atoms with Crippen LogP contribution in [0.3, 0.4) is 0 Å². The van der Waals surface area contributed by atoms with Gasteiger partial charge in [0.15, 0.2) is 5.66 Å². The molecule has 1 N–H and O–H groups in total. The highest BCUT2D eigenvalue weighted by Crippen LogP contribution is 2.39. The van der Waals surface area contributed by atoms with Crippen LogP contribution in [-0.4, -0.2) is 36.4 Å². The van der Waals surface area contributed by atoms with Crippen molar-refractivity contribution in [2.45, 2.75) is 39.3 Å². The van der Waals surface area contributed by atoms with Crippen LogP contribution in [0.15, 0.2) is 39.3 Å². The fraction of sp³-hybridized carbons (Fsp3) is 0.409. The fourth-order valence-corrected chi connectivity index (χ4v) is 5.48. The van der Waals surface area contributed by atoms with Crippen molar-refractivity contribution in [2.24, 2.45) is 20.9 Å². The lowest BCUT2D eigenvalue weighted by Crippen LogP contribution is -2.42. The van der Waals surface area contributed by atoms with Gasteiger partial charge in [0.05, 0.1) is 22.5 Å². The van der Waals surface area contributed by atoms with E-state index in [0.717, 1.165) is 43.1 Å². The van der Waals surface area contributed by atoms with Crippen LogP contribution in [0.1, 0.15) is 35.8 Å². The summed E-state index contributed by atoms with van der Waals surface area (Å²) in [5.41, 5.74) is 5.19. The molecule has 1 aromatic heterocycles. The van der Waals surface area contributed by atoms with Crippen LogP contribution in [0.25, 0.3) is 15.8 Å². The third-order valence-corrected chi connectivity index (χ3v) is 7.30. The van der Waals surface area contributed by atoms with Gasteiger partial charge in [-0.3, -0.25) is 9.98 Å². The van der Waals surface area contributed by atoms with Gasteiger partial charge in [0.2, 0.25) is 0 Å². The first-order valence-electron chi connectivity index (χ1n) is 9.70. The van der Waals surface area contributed by atoms with Gasteiger partial charge in [0.25, 0.3) is 0 Å². The van der Waals surface area contributed by atoms with Gasteiger partial charge in [-0.15, -0.1) is 11.3 Å². The molecule has 0 bridgehead atoms. The Balaban J connectivity index is 1.53. The fourth-order valence-electron chi connectivity index (χ4n) is 4.33. The van der Waals surface area contributed by atoms with E-state index in [0.29, 0.717) is 5.92 Å². The second-order valence-electron chi connectivity index (χ2n) is 7.96. The molecule has 1 unspecified atom stereocenters. The first-order chi connectivity index (χ1) is 13.0. The monoisotopic (exact) mass is 376 g/mol. The minimum absolute atomic E-state index is 0.352. The Kier molecular flexibility index (Phi) is 3.92. The van der Waals surface area contributed by atoms with Crippen LogP contribution in [0, 0.1) is 19.8 Å². The Morgan fingerprint density at radius 2 is 1.96 bits per heavy atom. The van der Waals surface area contributed by atoms with Crippen LogP contribution in [0.2, 0.25) is 0 Å². The summed E-state index contributed by atoms with van der Waals surface area (Å²) in [5, 5.41) is 4.77. The number of hydrogen-bond acceptors (Lipinski definition) is 5. The largest absolute Gasteiger partial charge is 0.317 e. The Morgan fingerprint density at radius 1 is 1.15 bits per heavy atom. The lowest BCUT2D eigenvalue weighted by molar-refractivity contribution is 0.244. The first kappa shape index (κ1) is 17.0. The van der Waals surface area contributed by atoms with Gasteiger partial charge in [-0.1, -0.05) is 17.7 Å². The molecule has 4 nitrogen and oxygen atoms in total. The van der Waals surface area contributed by atoms with Gasteiger partial charge in [-0.25, -0.2) is 4.99 Å². The average molecular weight is 377 g/mol. The maximum atomic E-state index is 5.06. The molecular weight excluding hydrogens is 352 g/mol. The Bertz CT molecular complexity index is 1050. The van der Waals surface area contributed by atoms with Gasteiger partial charge in [0.1, 0.15) is 5.71 Å². The molecule has 3 aliphatic rings. The Morgan fingerprint density at radius 3 is 2.78 bits per heavy atom. The highest BCUT2D eigenvalue weighted by molar-refractivity contribution is 7.20. The van der Waals surface area contributed by atoms with Crippen molar-refractivity contribution in [3.05, 3.63) is 40.3 Å². The van der Waals surface area contributed by atoms with Crippen LogP contribution in [-0.2, 0) is 0 Å². The number of thiophene rings is 1. The molecule has 4 heterocycles. The molecule has 0 amide bonds. The first-order valence-corrected chi connectivity index (χ1v) is 10.5. The molecule has 1 atom stereocenters. The van der Waals surface area contributed by atoms with E-state index in [9.17, 15) is 0 Å². The third-order valence-electron chi connectivity index (χ3n) is 6.01. The van der Waals surface area contributed by atoms with Crippen molar-refractivity contribution in [3.63, 3.8) is 0 Å². The molecule has 0 spiro atoms. The molecule has 0 radical (unpaired) electrons. The van der Waals surface area contributed by atoms with E-state index in [1.807, 2.05) is 17.6 Å². The summed E-state index contributed by atoms with van der Waals surface area (Å²) in [5.74, 6) is 0.496. The number of hydrogen-bond donors (Lipinski definition) is 1. The van der Waals surface area contributed by atoms with Crippen molar-refractivity contribution in [1.82, 2.24) is 5.32 Å². The Labute approximate surface area is 163 Å². The van der Waals surface area contributed by atoms with Crippen LogP contribution < -0.4 is 5.32 Å². The van der Waals surface area contributed by atoms with Gasteiger partial charge in [-0.05, 0) is 69.8 Å². The Hall–Kier alpha value is -2.11. The number of nitrogens with one attached hydrogen (secondary N) is 1. The minimum Gasteiger partial charge on any atom is -0.317 e. The molecule has 0 saturated carbocycles. The number of benzene rings is 1. The second-order valence-corrected chi connectivity index (χ2v) is 9.01. The van der Waals surface area contributed by atoms with Gasteiger partial charge >= 0.3 is 0 Å². The normalized spacial score (nSPS) is 25.4. The predicted molar refractivity (Wildman–Crippen MR) is 117 cm³/mol. The molecule has 0 aliphatic carbocycles. The quantitative estimate of drug-likeness (QED) is 0.821. The molecule has 2 aromatic rings. The maximum Gasteiger partial charge on any atom is 0.151 e. The molecule has 5 rings (SSSR count).